The predicted octanol–water partition coefficient (Wildman–Crippen LogP) is 1.31. The first-order chi connectivity index (χ1) is 9.08. The topological polar surface area (TPSA) is 101 Å². The molecule has 0 aliphatic carbocycles. The van der Waals surface area contributed by atoms with Crippen molar-refractivity contribution in [2.45, 2.75) is 0 Å². The fourth-order valence-electron chi connectivity index (χ4n) is 0.942. The van der Waals surface area contributed by atoms with E-state index in [1.54, 1.807) is 0 Å². The molecular formula is C10H10ClN3O4S. The van der Waals surface area contributed by atoms with Gasteiger partial charge in [-0.2, -0.15) is 0 Å². The number of carbonyl (C=O) groups is 2. The summed E-state index contributed by atoms with van der Waals surface area (Å²) < 4.78 is 0. The number of nitrogens with one attached hydrogen (secondary N) is 1. The molecule has 9 heteroatoms. The molecule has 2 N–H and O–H groups in total. The van der Waals surface area contributed by atoms with Crippen molar-refractivity contribution in [1.29, 1.82) is 0 Å². The molecule has 0 saturated carbocycles. The summed E-state index contributed by atoms with van der Waals surface area (Å²) in [6.07, 6.45) is 1.43. The number of carboxylic acids is 1. The summed E-state index contributed by atoms with van der Waals surface area (Å²) in [6.45, 7) is 3.49. The number of amides is 1. The Kier molecular flexibility index (Phi) is 5.97. The number of anilines is 1. The number of rotatable bonds is 7. The number of thiazole rings is 1. The van der Waals surface area contributed by atoms with Crippen molar-refractivity contribution in [1.82, 2.24) is 4.98 Å². The van der Waals surface area contributed by atoms with Crippen molar-refractivity contribution in [2.24, 2.45) is 5.16 Å². The highest BCUT2D eigenvalue weighted by molar-refractivity contribution is 7.14. The minimum Gasteiger partial charge on any atom is -0.476 e. The predicted molar refractivity (Wildman–Crippen MR) is 71.8 cm³/mol. The van der Waals surface area contributed by atoms with E-state index in [0.29, 0.717) is 0 Å². The molecule has 102 valence electrons. The zero-order chi connectivity index (χ0) is 14.3. The van der Waals surface area contributed by atoms with Gasteiger partial charge in [0, 0.05) is 5.38 Å². The van der Waals surface area contributed by atoms with Crippen molar-refractivity contribution < 1.29 is 19.5 Å². The van der Waals surface area contributed by atoms with Gasteiger partial charge in [-0.15, -0.1) is 22.9 Å². The van der Waals surface area contributed by atoms with Crippen molar-refractivity contribution in [3.05, 3.63) is 23.7 Å². The lowest BCUT2D eigenvalue weighted by Gasteiger charge is -1.98. The molecule has 0 atom stereocenters. The molecule has 0 bridgehead atoms. The van der Waals surface area contributed by atoms with Crippen molar-refractivity contribution >= 4 is 45.7 Å². The van der Waals surface area contributed by atoms with Crippen LogP contribution in [0, 0.1) is 0 Å². The van der Waals surface area contributed by atoms with Crippen LogP contribution in [-0.4, -0.2) is 40.2 Å². The quantitative estimate of drug-likeness (QED) is 0.260. The summed E-state index contributed by atoms with van der Waals surface area (Å²) in [5.74, 6) is -1.93. The van der Waals surface area contributed by atoms with Gasteiger partial charge in [0.05, 0.1) is 0 Å². The van der Waals surface area contributed by atoms with Crippen LogP contribution < -0.4 is 5.32 Å². The monoisotopic (exact) mass is 303 g/mol. The zero-order valence-corrected chi connectivity index (χ0v) is 11.2. The Morgan fingerprint density at radius 3 is 3.00 bits per heavy atom. The molecule has 1 heterocycles. The first kappa shape index (κ1) is 15.1. The van der Waals surface area contributed by atoms with Gasteiger partial charge in [-0.1, -0.05) is 17.8 Å². The molecule has 0 aliphatic heterocycles. The largest absolute Gasteiger partial charge is 0.476 e. The Hall–Kier alpha value is -1.93. The standard InChI is InChI=1S/C10H10ClN3O4S/c1-2-3-18-14-8(9(16)17)6-5-19-10(12-6)13-7(15)4-11/h2,5H,1,3-4H2,(H,16,17)(H,12,13,15). The van der Waals surface area contributed by atoms with Crippen LogP contribution in [0.2, 0.25) is 0 Å². The minimum absolute atomic E-state index is 0.0801. The highest BCUT2D eigenvalue weighted by Crippen LogP contribution is 2.16. The van der Waals surface area contributed by atoms with Crippen molar-refractivity contribution in [3.63, 3.8) is 0 Å². The third-order valence-electron chi connectivity index (χ3n) is 1.67. The van der Waals surface area contributed by atoms with Gasteiger partial charge in [0.1, 0.15) is 18.2 Å². The molecule has 0 aliphatic rings. The van der Waals surface area contributed by atoms with E-state index in [-0.39, 0.29) is 29.0 Å². The average molecular weight is 304 g/mol. The van der Waals surface area contributed by atoms with Crippen LogP contribution in [0.3, 0.4) is 0 Å². The van der Waals surface area contributed by atoms with Gasteiger partial charge in [0.15, 0.2) is 5.13 Å². The second kappa shape index (κ2) is 7.49. The minimum atomic E-state index is -1.29. The van der Waals surface area contributed by atoms with E-state index in [1.165, 1.54) is 11.5 Å². The van der Waals surface area contributed by atoms with Gasteiger partial charge in [-0.05, 0) is 0 Å². The third-order valence-corrected chi connectivity index (χ3v) is 2.67. The summed E-state index contributed by atoms with van der Waals surface area (Å²) in [4.78, 5) is 30.7. The smallest absolute Gasteiger partial charge is 0.360 e. The highest BCUT2D eigenvalue weighted by atomic mass is 35.5. The summed E-state index contributed by atoms with van der Waals surface area (Å²) in [6, 6.07) is 0. The van der Waals surface area contributed by atoms with Crippen molar-refractivity contribution in [2.75, 3.05) is 17.8 Å². The van der Waals surface area contributed by atoms with E-state index in [1.807, 2.05) is 0 Å². The molecule has 0 radical (unpaired) electrons. The van der Waals surface area contributed by atoms with Crippen molar-refractivity contribution in [3.8, 4) is 0 Å². The Morgan fingerprint density at radius 2 is 2.42 bits per heavy atom. The number of carbonyl (C=O) groups excluding carboxylic acids is 1. The molecule has 7 nitrogen and oxygen atoms in total. The van der Waals surface area contributed by atoms with Crippen LogP contribution in [0.5, 0.6) is 0 Å². The number of hydrogen-bond acceptors (Lipinski definition) is 6. The molecular weight excluding hydrogens is 294 g/mol. The first-order valence-electron chi connectivity index (χ1n) is 4.94. The van der Waals surface area contributed by atoms with E-state index in [2.05, 4.69) is 22.0 Å². The summed E-state index contributed by atoms with van der Waals surface area (Å²) in [5.41, 5.74) is -0.268. The van der Waals surface area contributed by atoms with E-state index < -0.39 is 11.9 Å². The SMILES string of the molecule is C=CCON=C(C(=O)O)c1csc(NC(=O)CCl)n1. The number of carboxylic acid groups (broad SMARTS) is 1. The van der Waals surface area contributed by atoms with Gasteiger partial charge in [0.2, 0.25) is 11.6 Å². The Balaban J connectivity index is 2.86. The second-order valence-electron chi connectivity index (χ2n) is 3.05. The highest BCUT2D eigenvalue weighted by Gasteiger charge is 2.18. The Morgan fingerprint density at radius 1 is 1.68 bits per heavy atom. The number of halogens is 1. The third kappa shape index (κ3) is 4.68. The number of nitrogens with zero attached hydrogens (tertiary/aromatic N) is 2. The lowest BCUT2D eigenvalue weighted by Crippen LogP contribution is -2.16. The van der Waals surface area contributed by atoms with Crippen LogP contribution in [0.15, 0.2) is 23.2 Å². The maximum absolute atomic E-state index is 11.0. The van der Waals surface area contributed by atoms with E-state index in [4.69, 9.17) is 21.5 Å². The maximum Gasteiger partial charge on any atom is 0.360 e. The van der Waals surface area contributed by atoms with Crippen LogP contribution in [0.25, 0.3) is 0 Å². The van der Waals surface area contributed by atoms with E-state index >= 15 is 0 Å². The fraction of sp³-hybridized carbons (Fsp3) is 0.200. The molecule has 0 spiro atoms. The second-order valence-corrected chi connectivity index (χ2v) is 4.17. The number of aliphatic carboxylic acids is 1. The van der Waals surface area contributed by atoms with Gasteiger partial charge in [-0.3, -0.25) is 4.79 Å². The van der Waals surface area contributed by atoms with E-state index in [0.717, 1.165) is 11.3 Å². The molecule has 1 aromatic rings. The molecule has 1 amide bonds. The lowest BCUT2D eigenvalue weighted by atomic mass is 10.3. The number of alkyl halides is 1. The van der Waals surface area contributed by atoms with Crippen LogP contribution >= 0.6 is 22.9 Å². The lowest BCUT2D eigenvalue weighted by molar-refractivity contribution is -0.129. The normalized spacial score (nSPS) is 10.9. The number of aromatic nitrogens is 1. The molecule has 1 rings (SSSR count). The van der Waals surface area contributed by atoms with E-state index in [9.17, 15) is 9.59 Å². The van der Waals surface area contributed by atoms with Crippen LogP contribution in [0.4, 0.5) is 5.13 Å². The Labute approximate surface area is 117 Å². The zero-order valence-electron chi connectivity index (χ0n) is 9.63. The first-order valence-corrected chi connectivity index (χ1v) is 6.35. The molecule has 0 saturated heterocycles. The summed E-state index contributed by atoms with van der Waals surface area (Å²) in [5, 5.41) is 16.5. The maximum atomic E-state index is 11.0. The van der Waals surface area contributed by atoms with Crippen LogP contribution in [-0.2, 0) is 14.4 Å². The molecule has 0 unspecified atom stereocenters. The van der Waals surface area contributed by atoms with Gasteiger partial charge in [0.25, 0.3) is 0 Å². The number of hydrogen-bond donors (Lipinski definition) is 2. The number of oxime groups is 1. The molecule has 19 heavy (non-hydrogen) atoms. The summed E-state index contributed by atoms with van der Waals surface area (Å²) in [7, 11) is 0. The fourth-order valence-corrected chi connectivity index (χ4v) is 1.72. The summed E-state index contributed by atoms with van der Waals surface area (Å²) >= 11 is 6.38. The Bertz CT molecular complexity index is 515. The van der Waals surface area contributed by atoms with Gasteiger partial charge >= 0.3 is 5.97 Å². The van der Waals surface area contributed by atoms with Gasteiger partial charge < -0.3 is 15.3 Å². The average Bonchev–Trinajstić information content (AvgIpc) is 2.82. The molecule has 1 aromatic heterocycles. The molecule has 0 fully saturated rings. The molecule has 0 aromatic carbocycles. The van der Waals surface area contributed by atoms with Crippen LogP contribution in [0.1, 0.15) is 5.69 Å². The van der Waals surface area contributed by atoms with Gasteiger partial charge in [-0.25, -0.2) is 9.78 Å².